The fourth-order valence-electron chi connectivity index (χ4n) is 1.11. The molecule has 1 rings (SSSR count). The van der Waals surface area contributed by atoms with E-state index in [-0.39, 0.29) is 36.9 Å². The molecule has 1 aromatic rings. The van der Waals surface area contributed by atoms with Gasteiger partial charge in [-0.2, -0.15) is 0 Å². The third-order valence-corrected chi connectivity index (χ3v) is 1.89. The number of carbonyl (C=O) groups excluding carboxylic acids is 1. The van der Waals surface area contributed by atoms with Crippen molar-refractivity contribution in [2.45, 2.75) is 19.4 Å². The second-order valence-electron chi connectivity index (χ2n) is 3.07. The molecule has 3 N–H and O–H groups in total. The third kappa shape index (κ3) is 3.01. The monoisotopic (exact) mass is 213 g/mol. The van der Waals surface area contributed by atoms with Crippen LogP contribution in [-0.4, -0.2) is 31.6 Å². The summed E-state index contributed by atoms with van der Waals surface area (Å²) in [5, 5.41) is 26.7. The van der Waals surface area contributed by atoms with Crippen molar-refractivity contribution in [3.63, 3.8) is 0 Å². The number of hydrogen-bond donors (Lipinski definition) is 3. The molecule has 1 heterocycles. The van der Waals surface area contributed by atoms with Crippen LogP contribution in [0.1, 0.15) is 12.8 Å². The van der Waals surface area contributed by atoms with E-state index in [1.54, 1.807) is 0 Å². The second-order valence-corrected chi connectivity index (χ2v) is 3.07. The van der Waals surface area contributed by atoms with Crippen LogP contribution in [0.15, 0.2) is 12.1 Å². The van der Waals surface area contributed by atoms with Gasteiger partial charge in [0.05, 0.1) is 13.0 Å². The number of aromatic hydroxyl groups is 2. The molecular formula is C9H11NO5. The number of carboxylic acid groups (broad SMARTS) is 1. The van der Waals surface area contributed by atoms with Gasteiger partial charge < -0.3 is 15.3 Å². The Balaban J connectivity index is 2.55. The van der Waals surface area contributed by atoms with Crippen molar-refractivity contribution in [2.75, 3.05) is 0 Å². The molecule has 0 fully saturated rings. The van der Waals surface area contributed by atoms with Crippen LogP contribution in [0.3, 0.4) is 0 Å². The van der Waals surface area contributed by atoms with E-state index in [1.807, 2.05) is 0 Å². The van der Waals surface area contributed by atoms with Crippen LogP contribution in [0.2, 0.25) is 0 Å². The standard InChI is InChI=1S/C9H11NO5/c11-6(1-4-9(14)15)5-10-7(12)2-3-8(10)13/h2-3,12-13H,1,4-5H2,(H,14,15). The molecule has 6 heteroatoms. The summed E-state index contributed by atoms with van der Waals surface area (Å²) >= 11 is 0. The molecule has 15 heavy (non-hydrogen) atoms. The summed E-state index contributed by atoms with van der Waals surface area (Å²) < 4.78 is 1.00. The Labute approximate surface area is 85.4 Å². The van der Waals surface area contributed by atoms with E-state index in [2.05, 4.69) is 0 Å². The highest BCUT2D eigenvalue weighted by molar-refractivity contribution is 5.82. The van der Waals surface area contributed by atoms with Gasteiger partial charge in [0.1, 0.15) is 0 Å². The van der Waals surface area contributed by atoms with Crippen molar-refractivity contribution in [1.82, 2.24) is 4.57 Å². The Morgan fingerprint density at radius 3 is 2.13 bits per heavy atom. The summed E-state index contributed by atoms with van der Waals surface area (Å²) in [5.74, 6) is -1.86. The van der Waals surface area contributed by atoms with Crippen LogP contribution in [0.5, 0.6) is 11.8 Å². The Morgan fingerprint density at radius 1 is 1.13 bits per heavy atom. The van der Waals surface area contributed by atoms with Crippen LogP contribution in [-0.2, 0) is 16.1 Å². The zero-order valence-corrected chi connectivity index (χ0v) is 7.88. The first-order valence-electron chi connectivity index (χ1n) is 4.31. The van der Waals surface area contributed by atoms with Gasteiger partial charge in [0.15, 0.2) is 17.5 Å². The number of aliphatic carboxylic acids is 1. The van der Waals surface area contributed by atoms with Gasteiger partial charge in [0.2, 0.25) is 0 Å². The molecule has 82 valence electrons. The van der Waals surface area contributed by atoms with E-state index >= 15 is 0 Å². The van der Waals surface area contributed by atoms with Gasteiger partial charge in [-0.1, -0.05) is 0 Å². The van der Waals surface area contributed by atoms with Crippen molar-refractivity contribution in [3.8, 4) is 11.8 Å². The highest BCUT2D eigenvalue weighted by Gasteiger charge is 2.11. The first-order valence-corrected chi connectivity index (χ1v) is 4.31. The van der Waals surface area contributed by atoms with Crippen molar-refractivity contribution >= 4 is 11.8 Å². The maximum absolute atomic E-state index is 11.2. The number of hydrogen-bond acceptors (Lipinski definition) is 4. The lowest BCUT2D eigenvalue weighted by Crippen LogP contribution is -2.11. The Morgan fingerprint density at radius 2 is 1.67 bits per heavy atom. The van der Waals surface area contributed by atoms with E-state index in [9.17, 15) is 19.8 Å². The zero-order chi connectivity index (χ0) is 11.4. The van der Waals surface area contributed by atoms with Crippen molar-refractivity contribution in [1.29, 1.82) is 0 Å². The number of carbonyl (C=O) groups is 2. The first-order chi connectivity index (χ1) is 7.00. The van der Waals surface area contributed by atoms with E-state index in [1.165, 1.54) is 12.1 Å². The maximum Gasteiger partial charge on any atom is 0.303 e. The number of ketones is 1. The largest absolute Gasteiger partial charge is 0.494 e. The lowest BCUT2D eigenvalue weighted by atomic mass is 10.2. The van der Waals surface area contributed by atoms with Crippen LogP contribution in [0.25, 0.3) is 0 Å². The molecule has 0 aliphatic heterocycles. The molecule has 0 saturated heterocycles. The summed E-state index contributed by atoms with van der Waals surface area (Å²) in [6.45, 7) is -0.224. The predicted molar refractivity (Wildman–Crippen MR) is 49.6 cm³/mol. The molecule has 0 aliphatic rings. The molecule has 0 radical (unpaired) electrons. The molecule has 0 bridgehead atoms. The van der Waals surface area contributed by atoms with Crippen LogP contribution >= 0.6 is 0 Å². The lowest BCUT2D eigenvalue weighted by molar-refractivity contribution is -0.138. The van der Waals surface area contributed by atoms with E-state index in [0.29, 0.717) is 0 Å². The minimum atomic E-state index is -1.05. The van der Waals surface area contributed by atoms with Crippen molar-refractivity contribution < 1.29 is 24.9 Å². The molecule has 0 spiro atoms. The summed E-state index contributed by atoms with van der Waals surface area (Å²) in [6, 6.07) is 2.50. The second kappa shape index (κ2) is 4.50. The number of Topliss-reactive ketones (excluding diaryl/α,β-unsaturated/α-hetero) is 1. The molecule has 0 unspecified atom stereocenters. The zero-order valence-electron chi connectivity index (χ0n) is 7.88. The lowest BCUT2D eigenvalue weighted by Gasteiger charge is -2.04. The van der Waals surface area contributed by atoms with Crippen LogP contribution < -0.4 is 0 Å². The van der Waals surface area contributed by atoms with Gasteiger partial charge in [0.25, 0.3) is 0 Å². The highest BCUT2D eigenvalue weighted by atomic mass is 16.4. The van der Waals surface area contributed by atoms with Gasteiger partial charge in [0, 0.05) is 18.6 Å². The molecule has 1 aromatic heterocycles. The van der Waals surface area contributed by atoms with Crippen LogP contribution in [0.4, 0.5) is 0 Å². The van der Waals surface area contributed by atoms with E-state index < -0.39 is 5.97 Å². The molecular weight excluding hydrogens is 202 g/mol. The average molecular weight is 213 g/mol. The van der Waals surface area contributed by atoms with Crippen LogP contribution in [0, 0.1) is 0 Å². The number of rotatable bonds is 5. The maximum atomic E-state index is 11.2. The van der Waals surface area contributed by atoms with E-state index in [0.717, 1.165) is 4.57 Å². The number of nitrogens with zero attached hydrogens (tertiary/aromatic N) is 1. The van der Waals surface area contributed by atoms with Gasteiger partial charge in [-0.05, 0) is 0 Å². The number of carboxylic acids is 1. The molecule has 0 aromatic carbocycles. The van der Waals surface area contributed by atoms with Gasteiger partial charge >= 0.3 is 5.97 Å². The normalized spacial score (nSPS) is 10.1. The Kier molecular flexibility index (Phi) is 3.33. The minimum absolute atomic E-state index is 0.119. The Bertz CT molecular complexity index is 362. The topological polar surface area (TPSA) is 99.8 Å². The fraction of sp³-hybridized carbons (Fsp3) is 0.333. The molecule has 0 aliphatic carbocycles. The van der Waals surface area contributed by atoms with Gasteiger partial charge in [-0.3, -0.25) is 14.2 Å². The molecule has 0 atom stereocenters. The van der Waals surface area contributed by atoms with Crippen molar-refractivity contribution in [2.24, 2.45) is 0 Å². The minimum Gasteiger partial charge on any atom is -0.494 e. The molecule has 0 amide bonds. The SMILES string of the molecule is O=C(O)CCC(=O)Cn1c(O)ccc1O. The summed E-state index contributed by atoms with van der Waals surface area (Å²) in [6.07, 6.45) is -0.367. The number of aromatic nitrogens is 1. The molecule has 0 saturated carbocycles. The smallest absolute Gasteiger partial charge is 0.303 e. The third-order valence-electron chi connectivity index (χ3n) is 1.89. The van der Waals surface area contributed by atoms with Crippen molar-refractivity contribution in [3.05, 3.63) is 12.1 Å². The highest BCUT2D eigenvalue weighted by Crippen LogP contribution is 2.20. The predicted octanol–water partition coefficient (Wildman–Crippen LogP) is 0.333. The fourth-order valence-corrected chi connectivity index (χ4v) is 1.11. The quantitative estimate of drug-likeness (QED) is 0.654. The van der Waals surface area contributed by atoms with Gasteiger partial charge in [-0.15, -0.1) is 0 Å². The van der Waals surface area contributed by atoms with E-state index in [4.69, 9.17) is 5.11 Å². The average Bonchev–Trinajstić information content (AvgIpc) is 2.46. The Hall–Kier alpha value is -1.98. The first kappa shape index (κ1) is 11.1. The van der Waals surface area contributed by atoms with Gasteiger partial charge in [-0.25, -0.2) is 0 Å². The summed E-state index contributed by atoms with van der Waals surface area (Å²) in [4.78, 5) is 21.4. The summed E-state index contributed by atoms with van der Waals surface area (Å²) in [5.41, 5.74) is 0. The molecule has 6 nitrogen and oxygen atoms in total. The summed E-state index contributed by atoms with van der Waals surface area (Å²) in [7, 11) is 0.